The molecule has 0 saturated carbocycles. The summed E-state index contributed by atoms with van der Waals surface area (Å²) in [5, 5.41) is 5.62. The van der Waals surface area contributed by atoms with E-state index in [-0.39, 0.29) is 4.47 Å². The lowest BCUT2D eigenvalue weighted by Gasteiger charge is -1.83. The van der Waals surface area contributed by atoms with Crippen LogP contribution in [0.1, 0.15) is 4.17 Å². The first-order valence-corrected chi connectivity index (χ1v) is 4.64. The van der Waals surface area contributed by atoms with Gasteiger partial charge in [0, 0.05) is 11.6 Å². The first kappa shape index (κ1) is 8.46. The Morgan fingerprint density at radius 2 is 2.00 bits per heavy atom. The first-order valence-electron chi connectivity index (χ1n) is 2.11. The topological polar surface area (TPSA) is 25.8 Å². The van der Waals surface area contributed by atoms with Crippen molar-refractivity contribution in [2.45, 2.75) is 4.17 Å². The zero-order valence-corrected chi connectivity index (χ0v) is 7.48. The van der Waals surface area contributed by atoms with Gasteiger partial charge in [-0.05, 0) is 23.2 Å². The molecule has 2 nitrogen and oxygen atoms in total. The fraction of sp³-hybridized carbons (Fsp3) is 0.333. The summed E-state index contributed by atoms with van der Waals surface area (Å²) in [6, 6.07) is 0. The van der Waals surface area contributed by atoms with E-state index in [1.807, 2.05) is 0 Å². The van der Waals surface area contributed by atoms with Crippen molar-refractivity contribution in [3.05, 3.63) is 9.73 Å². The number of halogens is 4. The van der Waals surface area contributed by atoms with E-state index in [2.05, 4.69) is 10.2 Å². The molecule has 1 aromatic heterocycles. The van der Waals surface area contributed by atoms with Crippen molar-refractivity contribution in [2.75, 3.05) is 0 Å². The maximum atomic E-state index is 12.5. The molecule has 1 heterocycles. The molecular formula is C3HCl3FN2S+. The monoisotopic (exact) mass is 221 g/mol. The lowest BCUT2D eigenvalue weighted by Crippen LogP contribution is -1.71. The normalized spacial score (nSPS) is 12.7. The molecule has 1 atom stereocenters. The van der Waals surface area contributed by atoms with E-state index >= 15 is 0 Å². The van der Waals surface area contributed by atoms with Gasteiger partial charge in [-0.1, -0.05) is 10.2 Å². The van der Waals surface area contributed by atoms with Gasteiger partial charge in [0.2, 0.25) is 0 Å². The van der Waals surface area contributed by atoms with Crippen LogP contribution in [0.5, 0.6) is 0 Å². The number of rotatable bonds is 1. The van der Waals surface area contributed by atoms with E-state index in [1.165, 1.54) is 0 Å². The van der Waals surface area contributed by atoms with E-state index < -0.39 is 19.9 Å². The highest BCUT2D eigenvalue weighted by Crippen LogP contribution is 2.43. The zero-order chi connectivity index (χ0) is 7.72. The molecule has 10 heavy (non-hydrogen) atoms. The standard InChI is InChI=1S/C3HCl3FN2S/c4-1(5)10-2(6)8-9-3(10)7/h1H/q+1. The average Bonchev–Trinajstić information content (AvgIpc) is 2.11. The van der Waals surface area contributed by atoms with Crippen LogP contribution in [0.25, 0.3) is 0 Å². The van der Waals surface area contributed by atoms with E-state index in [0.29, 0.717) is 0 Å². The summed E-state index contributed by atoms with van der Waals surface area (Å²) in [4.78, 5) is 0. The second-order valence-electron chi connectivity index (χ2n) is 1.30. The summed E-state index contributed by atoms with van der Waals surface area (Å²) in [5.74, 6) is 0. The molecule has 0 aliphatic heterocycles. The van der Waals surface area contributed by atoms with Gasteiger partial charge in [-0.3, -0.25) is 0 Å². The minimum atomic E-state index is -1.14. The van der Waals surface area contributed by atoms with Crippen LogP contribution in [-0.4, -0.2) is 10.2 Å². The maximum absolute atomic E-state index is 12.5. The molecule has 0 aliphatic rings. The van der Waals surface area contributed by atoms with E-state index in [4.69, 9.17) is 34.8 Å². The summed E-state index contributed by atoms with van der Waals surface area (Å²) in [6.45, 7) is 0. The highest BCUT2D eigenvalue weighted by molar-refractivity contribution is 7.38. The Morgan fingerprint density at radius 1 is 1.40 bits per heavy atom. The smallest absolute Gasteiger partial charge is 0.127 e. The van der Waals surface area contributed by atoms with Gasteiger partial charge in [0.1, 0.15) is 10.5 Å². The SMILES string of the molecule is Fc1nnc(Cl)[s+]1C(Cl)Cl. The minimum Gasteiger partial charge on any atom is -0.127 e. The van der Waals surface area contributed by atoms with Crippen molar-refractivity contribution in [3.63, 3.8) is 0 Å². The van der Waals surface area contributed by atoms with Crippen LogP contribution in [0.3, 0.4) is 0 Å². The molecule has 1 aromatic rings. The summed E-state index contributed by atoms with van der Waals surface area (Å²) in [5.41, 5.74) is 0. The van der Waals surface area contributed by atoms with Crippen molar-refractivity contribution in [2.24, 2.45) is 0 Å². The lowest BCUT2D eigenvalue weighted by molar-refractivity contribution is 0.599. The predicted molar refractivity (Wildman–Crippen MR) is 40.2 cm³/mol. The molecule has 56 valence electrons. The lowest BCUT2D eigenvalue weighted by atomic mass is 11.5. The van der Waals surface area contributed by atoms with Crippen LogP contribution in [0.2, 0.25) is 4.47 Å². The van der Waals surface area contributed by atoms with Crippen molar-refractivity contribution < 1.29 is 4.39 Å². The third kappa shape index (κ3) is 1.50. The van der Waals surface area contributed by atoms with Crippen LogP contribution in [0.4, 0.5) is 4.39 Å². The van der Waals surface area contributed by atoms with Gasteiger partial charge in [0.25, 0.3) is 4.17 Å². The summed E-state index contributed by atoms with van der Waals surface area (Å²) < 4.78 is 11.6. The predicted octanol–water partition coefficient (Wildman–Crippen LogP) is 2.95. The second-order valence-corrected chi connectivity index (χ2v) is 5.37. The van der Waals surface area contributed by atoms with Crippen molar-refractivity contribution in [3.8, 4) is 0 Å². The fourth-order valence-electron chi connectivity index (χ4n) is 0.383. The van der Waals surface area contributed by atoms with Gasteiger partial charge in [-0.25, -0.2) is 0 Å². The molecule has 0 saturated heterocycles. The Kier molecular flexibility index (Phi) is 2.68. The third-order valence-corrected chi connectivity index (χ3v) is 3.64. The molecule has 0 aliphatic carbocycles. The van der Waals surface area contributed by atoms with Crippen LogP contribution in [0.15, 0.2) is 0 Å². The molecule has 1 unspecified atom stereocenters. The summed E-state index contributed by atoms with van der Waals surface area (Å²) in [6.07, 6.45) is 0. The number of alkyl halides is 2. The number of hydrogen-bond acceptors (Lipinski definition) is 2. The molecular weight excluding hydrogens is 221 g/mol. The van der Waals surface area contributed by atoms with Gasteiger partial charge in [-0.2, -0.15) is 0 Å². The highest BCUT2D eigenvalue weighted by atomic mass is 35.5. The molecule has 0 N–H and O–H groups in total. The van der Waals surface area contributed by atoms with Crippen LogP contribution in [0, 0.1) is 5.26 Å². The van der Waals surface area contributed by atoms with Crippen LogP contribution in [-0.2, 0) is 0 Å². The largest absolute Gasteiger partial charge is 0.449 e. The van der Waals surface area contributed by atoms with Gasteiger partial charge in [0.15, 0.2) is 0 Å². The molecule has 0 radical (unpaired) electrons. The number of hydrogen-bond donors (Lipinski definition) is 0. The fourth-order valence-corrected chi connectivity index (χ4v) is 2.79. The zero-order valence-electron chi connectivity index (χ0n) is 4.39. The van der Waals surface area contributed by atoms with Crippen molar-refractivity contribution in [1.29, 1.82) is 0 Å². The third-order valence-electron chi connectivity index (χ3n) is 0.748. The Bertz CT molecular complexity index is 218. The van der Waals surface area contributed by atoms with Gasteiger partial charge < -0.3 is 0 Å². The first-order chi connectivity index (χ1) is 4.63. The van der Waals surface area contributed by atoms with Gasteiger partial charge in [-0.15, -0.1) is 4.39 Å². The van der Waals surface area contributed by atoms with Gasteiger partial charge in [0.05, 0.1) is 0 Å². The maximum Gasteiger partial charge on any atom is 0.449 e. The molecule has 0 fully saturated rings. The van der Waals surface area contributed by atoms with E-state index in [0.717, 1.165) is 0 Å². The van der Waals surface area contributed by atoms with E-state index in [1.54, 1.807) is 0 Å². The molecule has 0 aromatic carbocycles. The molecule has 7 heteroatoms. The Morgan fingerprint density at radius 3 is 2.20 bits per heavy atom. The van der Waals surface area contributed by atoms with Gasteiger partial charge >= 0.3 is 9.73 Å². The quantitative estimate of drug-likeness (QED) is 0.539. The average molecular weight is 222 g/mol. The number of aromatic nitrogens is 2. The summed E-state index contributed by atoms with van der Waals surface area (Å²) in [7, 11) is -1.14. The molecule has 0 amide bonds. The van der Waals surface area contributed by atoms with Crippen LogP contribution >= 0.6 is 45.3 Å². The highest BCUT2D eigenvalue weighted by Gasteiger charge is 2.29. The molecule has 0 spiro atoms. The minimum absolute atomic E-state index is 0.0208. The number of nitrogens with zero attached hydrogens (tertiary/aromatic N) is 2. The van der Waals surface area contributed by atoms with Crippen molar-refractivity contribution in [1.82, 2.24) is 10.2 Å². The van der Waals surface area contributed by atoms with E-state index in [9.17, 15) is 4.39 Å². The van der Waals surface area contributed by atoms with Crippen LogP contribution < -0.4 is 0 Å². The van der Waals surface area contributed by atoms with Crippen molar-refractivity contribution >= 4 is 45.3 Å². The summed E-state index contributed by atoms with van der Waals surface area (Å²) >= 11 is 16.1. The molecule has 0 bridgehead atoms. The Balaban J connectivity index is 3.10. The second kappa shape index (κ2) is 3.17. The molecule has 1 rings (SSSR count). The Labute approximate surface area is 73.9 Å². The Hall–Kier alpha value is 0.360.